The third-order valence-corrected chi connectivity index (χ3v) is 6.10. The minimum absolute atomic E-state index is 0.0315. The summed E-state index contributed by atoms with van der Waals surface area (Å²) in [6, 6.07) is 5.28. The van der Waals surface area contributed by atoms with Crippen molar-refractivity contribution in [1.29, 1.82) is 0 Å². The van der Waals surface area contributed by atoms with E-state index in [4.69, 9.17) is 11.5 Å². The highest BCUT2D eigenvalue weighted by Crippen LogP contribution is 2.35. The number of nitrogen functional groups attached to an aromatic ring is 2. The van der Waals surface area contributed by atoms with Crippen LogP contribution in [0.25, 0.3) is 28.0 Å². The number of rotatable bonds is 4. The zero-order valence-corrected chi connectivity index (χ0v) is 19.4. The molecule has 12 heteroatoms. The number of aromatic nitrogens is 6. The van der Waals surface area contributed by atoms with Crippen LogP contribution in [-0.4, -0.2) is 29.5 Å². The van der Waals surface area contributed by atoms with Crippen LogP contribution in [0.5, 0.6) is 0 Å². The van der Waals surface area contributed by atoms with Crippen molar-refractivity contribution in [2.45, 2.75) is 20.3 Å². The summed E-state index contributed by atoms with van der Waals surface area (Å²) in [6.45, 7) is 3.66. The summed E-state index contributed by atoms with van der Waals surface area (Å²) >= 11 is 0. The van der Waals surface area contributed by atoms with Gasteiger partial charge < -0.3 is 11.5 Å². The van der Waals surface area contributed by atoms with Gasteiger partial charge in [-0.15, -0.1) is 0 Å². The fraction of sp³-hybridized carbons (Fsp3) is 0.167. The van der Waals surface area contributed by atoms with E-state index in [1.165, 1.54) is 16.8 Å². The third-order valence-electron chi connectivity index (χ3n) is 6.10. The Morgan fingerprint density at radius 2 is 1.53 bits per heavy atom. The zero-order valence-electron chi connectivity index (χ0n) is 19.4. The van der Waals surface area contributed by atoms with Gasteiger partial charge in [-0.2, -0.15) is 24.8 Å². The van der Waals surface area contributed by atoms with Crippen LogP contribution < -0.4 is 11.5 Å². The Morgan fingerprint density at radius 3 is 2.17 bits per heavy atom. The maximum Gasteiger partial charge on any atom is 0.255 e. The molecule has 8 nitrogen and oxygen atoms in total. The zero-order chi connectivity index (χ0) is 25.9. The van der Waals surface area contributed by atoms with Gasteiger partial charge in [-0.05, 0) is 44.2 Å². The van der Waals surface area contributed by atoms with Crippen molar-refractivity contribution in [1.82, 2.24) is 29.5 Å². The highest BCUT2D eigenvalue weighted by molar-refractivity contribution is 5.87. The molecule has 0 spiro atoms. The lowest BCUT2D eigenvalue weighted by atomic mass is 10.1. The molecular weight excluding hydrogens is 476 g/mol. The summed E-state index contributed by atoms with van der Waals surface area (Å²) in [5.41, 5.74) is 15.0. The second kappa shape index (κ2) is 8.33. The average molecular weight is 496 g/mol. The number of nitrogens with zero attached hydrogens (tertiary/aromatic N) is 6. The van der Waals surface area contributed by atoms with Gasteiger partial charge in [0.05, 0.1) is 22.5 Å². The van der Waals surface area contributed by atoms with Gasteiger partial charge in [0.25, 0.3) is 5.95 Å². The van der Waals surface area contributed by atoms with E-state index in [2.05, 4.69) is 20.2 Å². The van der Waals surface area contributed by atoms with Crippen LogP contribution in [0.3, 0.4) is 0 Å². The lowest BCUT2D eigenvalue weighted by molar-refractivity contribution is 0.482. The predicted molar refractivity (Wildman–Crippen MR) is 126 cm³/mol. The molecule has 184 valence electrons. The van der Waals surface area contributed by atoms with Crippen LogP contribution in [0.2, 0.25) is 0 Å². The van der Waals surface area contributed by atoms with Crippen LogP contribution in [0.4, 0.5) is 29.2 Å². The monoisotopic (exact) mass is 496 g/mol. The number of halogens is 4. The molecule has 0 unspecified atom stereocenters. The number of benzene rings is 2. The number of aryl methyl sites for hydroxylation is 2. The normalized spacial score (nSPS) is 11.5. The Morgan fingerprint density at radius 1 is 0.861 bits per heavy atom. The van der Waals surface area contributed by atoms with Gasteiger partial charge >= 0.3 is 0 Å². The molecule has 5 rings (SSSR count). The number of fused-ring (bicyclic) bond motifs is 1. The quantitative estimate of drug-likeness (QED) is 0.286. The molecule has 0 saturated heterocycles. The molecular formula is C24H20F4N8. The second-order valence-corrected chi connectivity index (χ2v) is 8.36. The smallest absolute Gasteiger partial charge is 0.255 e. The Hall–Kier alpha value is -4.48. The standard InChI is InChI=1S/C24H20F4N8/c1-10-19(11(2)35(3)33-10)20-22(29)31-24(32-23(20)30)36-18-7-4-12(25)8-14(18)17(34-36)9-13-15(26)5-6-16(27)21(13)28/h4-8H,9H2,1-3H3,(H4,29,30,31,32). The van der Waals surface area contributed by atoms with Gasteiger partial charge in [0.2, 0.25) is 0 Å². The van der Waals surface area contributed by atoms with E-state index < -0.39 is 35.3 Å². The van der Waals surface area contributed by atoms with Crippen molar-refractivity contribution in [2.24, 2.45) is 7.05 Å². The summed E-state index contributed by atoms with van der Waals surface area (Å²) in [7, 11) is 1.79. The van der Waals surface area contributed by atoms with Crippen LogP contribution in [0.15, 0.2) is 30.3 Å². The average Bonchev–Trinajstić information content (AvgIpc) is 3.30. The second-order valence-electron chi connectivity index (χ2n) is 8.36. The molecule has 0 radical (unpaired) electrons. The largest absolute Gasteiger partial charge is 0.383 e. The molecule has 0 aliphatic carbocycles. The summed E-state index contributed by atoms with van der Waals surface area (Å²) in [5, 5.41) is 8.98. The van der Waals surface area contributed by atoms with Crippen molar-refractivity contribution in [3.63, 3.8) is 0 Å². The molecule has 0 atom stereocenters. The highest BCUT2D eigenvalue weighted by Gasteiger charge is 2.23. The summed E-state index contributed by atoms with van der Waals surface area (Å²) in [5.74, 6) is -4.01. The van der Waals surface area contributed by atoms with E-state index >= 15 is 0 Å². The molecule has 0 saturated carbocycles. The molecule has 4 N–H and O–H groups in total. The first-order valence-corrected chi connectivity index (χ1v) is 10.8. The molecule has 0 bridgehead atoms. The van der Waals surface area contributed by atoms with E-state index in [1.54, 1.807) is 11.7 Å². The van der Waals surface area contributed by atoms with Gasteiger partial charge in [-0.3, -0.25) is 4.68 Å². The lowest BCUT2D eigenvalue weighted by Crippen LogP contribution is -2.11. The Balaban J connectivity index is 1.68. The van der Waals surface area contributed by atoms with E-state index in [0.29, 0.717) is 28.4 Å². The lowest BCUT2D eigenvalue weighted by Gasteiger charge is -2.11. The van der Waals surface area contributed by atoms with E-state index in [9.17, 15) is 17.6 Å². The van der Waals surface area contributed by atoms with Crippen molar-refractivity contribution in [3.05, 3.63) is 76.2 Å². The first-order valence-electron chi connectivity index (χ1n) is 10.8. The molecule has 0 aliphatic heterocycles. The molecule has 0 amide bonds. The number of anilines is 2. The minimum Gasteiger partial charge on any atom is -0.383 e. The molecule has 0 aliphatic rings. The van der Waals surface area contributed by atoms with E-state index in [1.807, 2.05) is 13.8 Å². The van der Waals surface area contributed by atoms with Crippen molar-refractivity contribution < 1.29 is 17.6 Å². The van der Waals surface area contributed by atoms with E-state index in [-0.39, 0.29) is 28.7 Å². The Bertz CT molecular complexity index is 1650. The maximum absolute atomic E-state index is 14.3. The highest BCUT2D eigenvalue weighted by atomic mass is 19.2. The first kappa shape index (κ1) is 23.3. The summed E-state index contributed by atoms with van der Waals surface area (Å²) in [6.07, 6.45) is -0.445. The van der Waals surface area contributed by atoms with Gasteiger partial charge in [-0.25, -0.2) is 17.6 Å². The van der Waals surface area contributed by atoms with Crippen LogP contribution >= 0.6 is 0 Å². The number of nitrogens with two attached hydrogens (primary N) is 2. The fourth-order valence-corrected chi connectivity index (χ4v) is 4.30. The molecule has 3 heterocycles. The van der Waals surface area contributed by atoms with Crippen LogP contribution in [0, 0.1) is 37.1 Å². The molecule has 0 fully saturated rings. The summed E-state index contributed by atoms with van der Waals surface area (Å²) in [4.78, 5) is 8.72. The SMILES string of the molecule is Cc1nn(C)c(C)c1-c1c(N)nc(-n2nc(Cc3c(F)ccc(F)c3F)c3cc(F)ccc32)nc1N. The fourth-order valence-electron chi connectivity index (χ4n) is 4.30. The summed E-state index contributed by atoms with van der Waals surface area (Å²) < 4.78 is 59.5. The molecule has 3 aromatic heterocycles. The van der Waals surface area contributed by atoms with Crippen LogP contribution in [0.1, 0.15) is 22.6 Å². The number of hydrogen-bond acceptors (Lipinski definition) is 6. The van der Waals surface area contributed by atoms with Gasteiger partial charge in [0.15, 0.2) is 11.6 Å². The van der Waals surface area contributed by atoms with Crippen molar-refractivity contribution >= 4 is 22.5 Å². The minimum atomic E-state index is -1.34. The molecule has 36 heavy (non-hydrogen) atoms. The molecule has 2 aromatic carbocycles. The topological polar surface area (TPSA) is 113 Å². The molecule has 5 aromatic rings. The van der Waals surface area contributed by atoms with Crippen molar-refractivity contribution in [3.8, 4) is 17.1 Å². The first-order chi connectivity index (χ1) is 17.1. The van der Waals surface area contributed by atoms with Gasteiger partial charge in [0.1, 0.15) is 23.3 Å². The number of hydrogen-bond donors (Lipinski definition) is 2. The van der Waals surface area contributed by atoms with Crippen LogP contribution in [-0.2, 0) is 13.5 Å². The van der Waals surface area contributed by atoms with E-state index in [0.717, 1.165) is 17.8 Å². The van der Waals surface area contributed by atoms with Gasteiger partial charge in [-0.1, -0.05) is 0 Å². The predicted octanol–water partition coefficient (Wildman–Crippen LogP) is 4.14. The Labute approximate surface area is 202 Å². The van der Waals surface area contributed by atoms with Crippen molar-refractivity contribution in [2.75, 3.05) is 11.5 Å². The van der Waals surface area contributed by atoms with Gasteiger partial charge in [0, 0.05) is 35.7 Å². The Kier molecular flexibility index (Phi) is 5.38. The maximum atomic E-state index is 14.3. The third kappa shape index (κ3) is 3.61.